The second-order valence-electron chi connectivity index (χ2n) is 7.85. The normalized spacial score (nSPS) is 14.0. The van der Waals surface area contributed by atoms with Crippen LogP contribution in [0.15, 0.2) is 65.8 Å². The smallest absolute Gasteiger partial charge is 0.335 e. The number of hydrogen-bond donors (Lipinski definition) is 0. The highest BCUT2D eigenvalue weighted by atomic mass is 16.7. The Balaban J connectivity index is 1.68. The third-order valence-corrected chi connectivity index (χ3v) is 5.99. The molecule has 0 bridgehead atoms. The topological polar surface area (TPSA) is 60.7 Å². The van der Waals surface area contributed by atoms with Gasteiger partial charge in [0, 0.05) is 51.5 Å². The Morgan fingerprint density at radius 3 is 2.45 bits per heavy atom. The van der Waals surface area contributed by atoms with Gasteiger partial charge in [0.05, 0.1) is 12.1 Å². The van der Waals surface area contributed by atoms with E-state index >= 15 is 0 Å². The summed E-state index contributed by atoms with van der Waals surface area (Å²) in [5, 5.41) is 6.09. The number of hydrogen-bond acceptors (Lipinski definition) is 4. The lowest BCUT2D eigenvalue weighted by Gasteiger charge is -2.10. The van der Waals surface area contributed by atoms with Gasteiger partial charge in [-0.15, -0.1) is 0 Å². The van der Waals surface area contributed by atoms with Crippen molar-refractivity contribution in [3.8, 4) is 0 Å². The van der Waals surface area contributed by atoms with Gasteiger partial charge < -0.3 is 9.40 Å². The molecule has 0 aliphatic carbocycles. The molecule has 5 rings (SSSR count). The monoisotopic (exact) mass is 410 g/mol. The Labute approximate surface area is 179 Å². The minimum absolute atomic E-state index is 0.0251. The molecule has 31 heavy (non-hydrogen) atoms. The first-order valence-corrected chi connectivity index (χ1v) is 10.5. The van der Waals surface area contributed by atoms with E-state index in [-0.39, 0.29) is 11.8 Å². The van der Waals surface area contributed by atoms with Gasteiger partial charge in [-0.1, -0.05) is 35.5 Å². The van der Waals surface area contributed by atoms with Gasteiger partial charge in [0.15, 0.2) is 5.78 Å². The van der Waals surface area contributed by atoms with Crippen molar-refractivity contribution in [2.45, 2.75) is 33.2 Å². The Morgan fingerprint density at radius 2 is 1.74 bits per heavy atom. The lowest BCUT2D eigenvalue weighted by atomic mass is 9.97. The molecule has 1 aliphatic rings. The van der Waals surface area contributed by atoms with Crippen molar-refractivity contribution < 1.29 is 14.4 Å². The van der Waals surface area contributed by atoms with E-state index in [9.17, 15) is 9.59 Å². The maximum atomic E-state index is 13.2. The quantitative estimate of drug-likeness (QED) is 0.335. The van der Waals surface area contributed by atoms with Gasteiger partial charge in [0.2, 0.25) is 0 Å². The summed E-state index contributed by atoms with van der Waals surface area (Å²) in [6.45, 7) is 4.89. The Morgan fingerprint density at radius 1 is 1.00 bits per heavy atom. The van der Waals surface area contributed by atoms with Crippen LogP contribution in [0.4, 0.5) is 0 Å². The highest BCUT2D eigenvalue weighted by molar-refractivity contribution is 6.16. The minimum Gasteiger partial charge on any atom is -0.341 e. The van der Waals surface area contributed by atoms with Crippen molar-refractivity contribution in [3.05, 3.63) is 82.9 Å². The number of carbonyl (C=O) groups is 2. The lowest BCUT2D eigenvalue weighted by Crippen LogP contribution is -2.14. The third kappa shape index (κ3) is 3.22. The molecule has 0 fully saturated rings. The summed E-state index contributed by atoms with van der Waals surface area (Å²) in [5.41, 5.74) is 6.27. The van der Waals surface area contributed by atoms with Crippen LogP contribution in [0.1, 0.15) is 46.8 Å². The predicted octanol–water partition coefficient (Wildman–Crippen LogP) is 5.39. The zero-order chi connectivity index (χ0) is 21.5. The van der Waals surface area contributed by atoms with Crippen LogP contribution in [0.2, 0.25) is 0 Å². The summed E-state index contributed by atoms with van der Waals surface area (Å²) in [7, 11) is 0. The molecule has 1 aliphatic heterocycles. The van der Waals surface area contributed by atoms with Gasteiger partial charge in [-0.3, -0.25) is 4.79 Å². The molecule has 0 atom stereocenters. The Hall–Kier alpha value is -3.73. The van der Waals surface area contributed by atoms with E-state index < -0.39 is 0 Å². The number of benzene rings is 3. The van der Waals surface area contributed by atoms with E-state index in [0.29, 0.717) is 18.4 Å². The molecule has 0 spiro atoms. The van der Waals surface area contributed by atoms with E-state index in [2.05, 4.69) is 28.8 Å². The van der Waals surface area contributed by atoms with Gasteiger partial charge in [-0.25, -0.2) is 4.79 Å². The van der Waals surface area contributed by atoms with Crippen LogP contribution in [0.3, 0.4) is 0 Å². The molecule has 0 unspecified atom stereocenters. The van der Waals surface area contributed by atoms with E-state index in [4.69, 9.17) is 4.84 Å². The molecule has 0 saturated carbocycles. The van der Waals surface area contributed by atoms with Gasteiger partial charge in [-0.2, -0.15) is 0 Å². The molecule has 2 heterocycles. The molecular weight excluding hydrogens is 388 g/mol. The largest absolute Gasteiger partial charge is 0.341 e. The number of rotatable bonds is 4. The molecular formula is C26H22N2O3. The fraction of sp³-hybridized carbons (Fsp3) is 0.192. The van der Waals surface area contributed by atoms with Gasteiger partial charge in [0.25, 0.3) is 0 Å². The van der Waals surface area contributed by atoms with Crippen LogP contribution < -0.4 is 0 Å². The predicted molar refractivity (Wildman–Crippen MR) is 122 cm³/mol. The molecule has 0 N–H and O–H groups in total. The van der Waals surface area contributed by atoms with Crippen LogP contribution in [0, 0.1) is 6.92 Å². The number of aryl methyl sites for hydroxylation is 2. The molecule has 154 valence electrons. The van der Waals surface area contributed by atoms with E-state index in [1.807, 2.05) is 55.5 Å². The summed E-state index contributed by atoms with van der Waals surface area (Å²) in [6, 6.07) is 19.8. The molecule has 4 aromatic rings. The van der Waals surface area contributed by atoms with Crippen LogP contribution in [-0.2, 0) is 16.2 Å². The highest BCUT2D eigenvalue weighted by Crippen LogP contribution is 2.32. The van der Waals surface area contributed by atoms with Crippen molar-refractivity contribution in [1.82, 2.24) is 4.57 Å². The molecule has 1 aromatic heterocycles. The second-order valence-corrected chi connectivity index (χ2v) is 7.85. The number of fused-ring (bicyclic) bond motifs is 3. The summed E-state index contributed by atoms with van der Waals surface area (Å²) < 4.78 is 2.25. The second kappa shape index (κ2) is 7.51. The molecule has 0 radical (unpaired) electrons. The maximum absolute atomic E-state index is 13.2. The number of aromatic nitrogens is 1. The number of nitrogens with zero attached hydrogens (tertiary/aromatic N) is 2. The van der Waals surface area contributed by atoms with E-state index in [1.54, 1.807) is 0 Å². The minimum atomic E-state index is -0.299. The highest BCUT2D eigenvalue weighted by Gasteiger charge is 2.19. The third-order valence-electron chi connectivity index (χ3n) is 5.99. The van der Waals surface area contributed by atoms with Crippen LogP contribution >= 0.6 is 0 Å². The lowest BCUT2D eigenvalue weighted by molar-refractivity contribution is -0.144. The van der Waals surface area contributed by atoms with Crippen LogP contribution in [-0.4, -0.2) is 22.0 Å². The van der Waals surface area contributed by atoms with Crippen molar-refractivity contribution in [3.63, 3.8) is 0 Å². The zero-order valence-corrected chi connectivity index (χ0v) is 17.5. The van der Waals surface area contributed by atoms with Crippen molar-refractivity contribution in [2.75, 3.05) is 0 Å². The molecule has 5 heteroatoms. The van der Waals surface area contributed by atoms with E-state index in [1.165, 1.54) is 0 Å². The van der Waals surface area contributed by atoms with Crippen LogP contribution in [0.25, 0.3) is 21.8 Å². The molecule has 5 nitrogen and oxygen atoms in total. The SMILES string of the molecule is CCn1c2ccc(C(=O)c3ccccc3C)cc2c2cc(C3=NOC(=O)CC3)ccc21. The molecule has 0 amide bonds. The average Bonchev–Trinajstić information content (AvgIpc) is 3.11. The van der Waals surface area contributed by atoms with Crippen LogP contribution in [0.5, 0.6) is 0 Å². The van der Waals surface area contributed by atoms with Crippen molar-refractivity contribution in [2.24, 2.45) is 5.16 Å². The Kier molecular flexibility index (Phi) is 4.66. The number of ketones is 1. The number of carbonyl (C=O) groups excluding carboxylic acids is 2. The van der Waals surface area contributed by atoms with Crippen molar-refractivity contribution >= 4 is 39.3 Å². The summed E-state index contributed by atoms with van der Waals surface area (Å²) in [5.74, 6) is -0.274. The maximum Gasteiger partial charge on any atom is 0.335 e. The van der Waals surface area contributed by atoms with Crippen molar-refractivity contribution in [1.29, 1.82) is 0 Å². The number of oxime groups is 1. The fourth-order valence-electron chi connectivity index (χ4n) is 4.36. The zero-order valence-electron chi connectivity index (χ0n) is 17.5. The van der Waals surface area contributed by atoms with E-state index in [0.717, 1.165) is 50.8 Å². The Bertz CT molecular complexity index is 1390. The molecule has 0 saturated heterocycles. The van der Waals surface area contributed by atoms with Gasteiger partial charge in [-0.05, 0) is 49.7 Å². The first-order chi connectivity index (χ1) is 15.1. The average molecular weight is 410 g/mol. The summed E-state index contributed by atoms with van der Waals surface area (Å²) in [4.78, 5) is 29.4. The fourth-order valence-corrected chi connectivity index (χ4v) is 4.36. The summed E-state index contributed by atoms with van der Waals surface area (Å²) in [6.07, 6.45) is 0.899. The van der Waals surface area contributed by atoms with Gasteiger partial charge in [0.1, 0.15) is 0 Å². The molecule has 3 aromatic carbocycles. The van der Waals surface area contributed by atoms with Gasteiger partial charge >= 0.3 is 5.97 Å². The standard InChI is InChI=1S/C26H22N2O3/c1-3-28-23-11-8-17(22-10-13-25(29)31-27-22)14-20(23)21-15-18(9-12-24(21)28)26(30)19-7-5-4-6-16(19)2/h4-9,11-12,14-15H,3,10,13H2,1-2H3. The summed E-state index contributed by atoms with van der Waals surface area (Å²) >= 11 is 0. The first-order valence-electron chi connectivity index (χ1n) is 10.5. The first kappa shape index (κ1) is 19.2.